The fourth-order valence-electron chi connectivity index (χ4n) is 3.23. The quantitative estimate of drug-likeness (QED) is 0.589. The third-order valence-corrected chi connectivity index (χ3v) is 4.76. The largest absolute Gasteiger partial charge is 0.466 e. The SMILES string of the molecule is COC(=O)/C=C/c1ccc2c(c1)C=Cc1ccccc1N2CC1CC1. The van der Waals surface area contributed by atoms with Crippen molar-refractivity contribution in [1.29, 1.82) is 0 Å². The molecule has 3 heteroatoms. The van der Waals surface area contributed by atoms with Crippen LogP contribution in [-0.2, 0) is 9.53 Å². The molecule has 0 bridgehead atoms. The van der Waals surface area contributed by atoms with E-state index in [1.807, 2.05) is 0 Å². The molecule has 126 valence electrons. The van der Waals surface area contributed by atoms with Gasteiger partial charge in [-0.1, -0.05) is 36.4 Å². The van der Waals surface area contributed by atoms with E-state index in [1.54, 1.807) is 6.08 Å². The fraction of sp³-hybridized carbons (Fsp3) is 0.227. The summed E-state index contributed by atoms with van der Waals surface area (Å²) in [5.74, 6) is 0.450. The molecule has 1 heterocycles. The van der Waals surface area contributed by atoms with Crippen LogP contribution in [0.25, 0.3) is 18.2 Å². The molecular formula is C22H21NO2. The van der Waals surface area contributed by atoms with Gasteiger partial charge in [-0.2, -0.15) is 0 Å². The first-order valence-corrected chi connectivity index (χ1v) is 8.69. The van der Waals surface area contributed by atoms with E-state index in [2.05, 4.69) is 64.3 Å². The van der Waals surface area contributed by atoms with Crippen molar-refractivity contribution in [3.05, 3.63) is 65.2 Å². The standard InChI is InChI=1S/C22H21NO2/c1-25-22(24)13-9-16-8-12-21-19(14-16)11-10-18-4-2-3-5-20(18)23(21)15-17-6-7-17/h2-5,8-14,17H,6-7,15H2,1H3/b13-9+. The molecule has 0 radical (unpaired) electrons. The molecule has 2 aromatic carbocycles. The van der Waals surface area contributed by atoms with Gasteiger partial charge < -0.3 is 9.64 Å². The van der Waals surface area contributed by atoms with E-state index < -0.39 is 0 Å². The lowest BCUT2D eigenvalue weighted by atomic mass is 10.1. The molecule has 0 atom stereocenters. The molecule has 2 aliphatic rings. The van der Waals surface area contributed by atoms with Crippen molar-refractivity contribution < 1.29 is 9.53 Å². The summed E-state index contributed by atoms with van der Waals surface area (Å²) in [6.45, 7) is 1.06. The molecule has 0 unspecified atom stereocenters. The van der Waals surface area contributed by atoms with Crippen molar-refractivity contribution in [2.75, 3.05) is 18.6 Å². The van der Waals surface area contributed by atoms with Gasteiger partial charge in [0.25, 0.3) is 0 Å². The molecule has 2 aromatic rings. The molecule has 1 fully saturated rings. The predicted molar refractivity (Wildman–Crippen MR) is 103 cm³/mol. The normalized spacial score (nSPS) is 15.6. The molecular weight excluding hydrogens is 310 g/mol. The van der Waals surface area contributed by atoms with E-state index in [0.29, 0.717) is 0 Å². The number of ether oxygens (including phenoxy) is 1. The van der Waals surface area contributed by atoms with E-state index in [0.717, 1.165) is 18.0 Å². The number of hydrogen-bond acceptors (Lipinski definition) is 3. The van der Waals surface area contributed by atoms with Crippen molar-refractivity contribution in [2.24, 2.45) is 5.92 Å². The number of carbonyl (C=O) groups excluding carboxylic acids is 1. The number of esters is 1. The van der Waals surface area contributed by atoms with Gasteiger partial charge >= 0.3 is 5.97 Å². The minimum absolute atomic E-state index is 0.340. The fourth-order valence-corrected chi connectivity index (χ4v) is 3.23. The second-order valence-corrected chi connectivity index (χ2v) is 6.62. The van der Waals surface area contributed by atoms with Crippen molar-refractivity contribution in [1.82, 2.24) is 0 Å². The van der Waals surface area contributed by atoms with Crippen LogP contribution < -0.4 is 4.90 Å². The van der Waals surface area contributed by atoms with Crippen LogP contribution in [0, 0.1) is 5.92 Å². The van der Waals surface area contributed by atoms with E-state index >= 15 is 0 Å². The highest BCUT2D eigenvalue weighted by Crippen LogP contribution is 2.40. The molecule has 0 N–H and O–H groups in total. The zero-order valence-corrected chi connectivity index (χ0v) is 14.3. The van der Waals surface area contributed by atoms with Crippen LogP contribution in [0.2, 0.25) is 0 Å². The summed E-state index contributed by atoms with van der Waals surface area (Å²) < 4.78 is 4.67. The molecule has 0 spiro atoms. The molecule has 0 saturated heterocycles. The Labute approximate surface area is 148 Å². The first-order valence-electron chi connectivity index (χ1n) is 8.69. The highest BCUT2D eigenvalue weighted by atomic mass is 16.5. The highest BCUT2D eigenvalue weighted by Gasteiger charge is 2.27. The van der Waals surface area contributed by atoms with E-state index in [4.69, 9.17) is 0 Å². The molecule has 0 aromatic heterocycles. The van der Waals surface area contributed by atoms with Crippen LogP contribution in [-0.4, -0.2) is 19.6 Å². The smallest absolute Gasteiger partial charge is 0.330 e. The Morgan fingerprint density at radius 1 is 1.12 bits per heavy atom. The second kappa shape index (κ2) is 6.60. The number of para-hydroxylation sites is 1. The van der Waals surface area contributed by atoms with Gasteiger partial charge in [0.15, 0.2) is 0 Å². The molecule has 1 aliphatic heterocycles. The lowest BCUT2D eigenvalue weighted by Gasteiger charge is -2.27. The van der Waals surface area contributed by atoms with Gasteiger partial charge in [-0.15, -0.1) is 0 Å². The third kappa shape index (κ3) is 3.36. The Bertz CT molecular complexity index is 862. The number of rotatable bonds is 4. The average Bonchev–Trinajstić information content (AvgIpc) is 3.48. The summed E-state index contributed by atoms with van der Waals surface area (Å²) in [6, 6.07) is 14.9. The van der Waals surface area contributed by atoms with Crippen molar-refractivity contribution in [2.45, 2.75) is 12.8 Å². The number of benzene rings is 2. The molecule has 1 saturated carbocycles. The summed E-state index contributed by atoms with van der Waals surface area (Å²) in [5, 5.41) is 0. The summed E-state index contributed by atoms with van der Waals surface area (Å²) in [6.07, 6.45) is 10.2. The Kier molecular flexibility index (Phi) is 4.14. The van der Waals surface area contributed by atoms with Gasteiger partial charge in [0.1, 0.15) is 0 Å². The average molecular weight is 331 g/mol. The van der Waals surface area contributed by atoms with Gasteiger partial charge in [0.2, 0.25) is 0 Å². The second-order valence-electron chi connectivity index (χ2n) is 6.62. The lowest BCUT2D eigenvalue weighted by Crippen LogP contribution is -2.21. The minimum Gasteiger partial charge on any atom is -0.466 e. The van der Waals surface area contributed by atoms with E-state index in [1.165, 1.54) is 48.5 Å². The molecule has 4 rings (SSSR count). The van der Waals surface area contributed by atoms with Crippen molar-refractivity contribution in [3.8, 4) is 0 Å². The lowest BCUT2D eigenvalue weighted by molar-refractivity contribution is -0.134. The number of fused-ring (bicyclic) bond motifs is 2. The monoisotopic (exact) mass is 331 g/mol. The molecule has 25 heavy (non-hydrogen) atoms. The van der Waals surface area contributed by atoms with Gasteiger partial charge in [-0.25, -0.2) is 4.79 Å². The maximum Gasteiger partial charge on any atom is 0.330 e. The molecule has 1 aliphatic carbocycles. The van der Waals surface area contributed by atoms with Gasteiger partial charge in [0.05, 0.1) is 7.11 Å². The maximum absolute atomic E-state index is 11.3. The van der Waals surface area contributed by atoms with Crippen molar-refractivity contribution in [3.63, 3.8) is 0 Å². The summed E-state index contributed by atoms with van der Waals surface area (Å²) in [4.78, 5) is 13.8. The Morgan fingerprint density at radius 3 is 2.68 bits per heavy atom. The van der Waals surface area contributed by atoms with Crippen LogP contribution in [0.1, 0.15) is 29.5 Å². The Hall–Kier alpha value is -2.81. The highest BCUT2D eigenvalue weighted by molar-refractivity contribution is 5.91. The first-order chi connectivity index (χ1) is 12.2. The number of nitrogens with zero attached hydrogens (tertiary/aromatic N) is 1. The summed E-state index contributed by atoms with van der Waals surface area (Å²) >= 11 is 0. The molecule has 0 amide bonds. The van der Waals surface area contributed by atoms with Gasteiger partial charge in [-0.3, -0.25) is 0 Å². The van der Waals surface area contributed by atoms with Crippen LogP contribution in [0.5, 0.6) is 0 Å². The van der Waals surface area contributed by atoms with Gasteiger partial charge in [-0.05, 0) is 59.7 Å². The maximum atomic E-state index is 11.3. The van der Waals surface area contributed by atoms with E-state index in [-0.39, 0.29) is 5.97 Å². The zero-order chi connectivity index (χ0) is 17.2. The van der Waals surface area contributed by atoms with Crippen LogP contribution >= 0.6 is 0 Å². The van der Waals surface area contributed by atoms with Crippen molar-refractivity contribution >= 4 is 35.6 Å². The Morgan fingerprint density at radius 2 is 1.88 bits per heavy atom. The predicted octanol–water partition coefficient (Wildman–Crippen LogP) is 4.90. The van der Waals surface area contributed by atoms with Crippen LogP contribution in [0.3, 0.4) is 0 Å². The summed E-state index contributed by atoms with van der Waals surface area (Å²) in [7, 11) is 1.39. The summed E-state index contributed by atoms with van der Waals surface area (Å²) in [5.41, 5.74) is 5.89. The topological polar surface area (TPSA) is 29.5 Å². The number of methoxy groups -OCH3 is 1. The zero-order valence-electron chi connectivity index (χ0n) is 14.3. The number of anilines is 2. The number of carbonyl (C=O) groups is 1. The first kappa shape index (κ1) is 15.7. The van der Waals surface area contributed by atoms with Crippen LogP contribution in [0.4, 0.5) is 11.4 Å². The van der Waals surface area contributed by atoms with Gasteiger partial charge in [0, 0.05) is 24.0 Å². The minimum atomic E-state index is -0.340. The van der Waals surface area contributed by atoms with E-state index in [9.17, 15) is 4.79 Å². The third-order valence-electron chi connectivity index (χ3n) is 4.76. The Balaban J connectivity index is 1.74. The number of hydrogen-bond donors (Lipinski definition) is 0. The molecule has 3 nitrogen and oxygen atoms in total. The van der Waals surface area contributed by atoms with Crippen LogP contribution in [0.15, 0.2) is 48.5 Å².